The number of halogens is 2. The number of benzene rings is 2. The summed E-state index contributed by atoms with van der Waals surface area (Å²) in [5, 5.41) is 0.422. The van der Waals surface area contributed by atoms with Crippen molar-refractivity contribution >= 4 is 35.1 Å². The molecule has 0 saturated carbocycles. The number of cyclic esters (lactones) is 1. The van der Waals surface area contributed by atoms with Gasteiger partial charge in [0.2, 0.25) is 0 Å². The summed E-state index contributed by atoms with van der Waals surface area (Å²) in [5.41, 5.74) is 2.34. The summed E-state index contributed by atoms with van der Waals surface area (Å²) in [4.78, 5) is 16.0. The van der Waals surface area contributed by atoms with Crippen molar-refractivity contribution in [3.63, 3.8) is 0 Å². The van der Waals surface area contributed by atoms with Crippen molar-refractivity contribution in [2.45, 2.75) is 6.10 Å². The van der Waals surface area contributed by atoms with E-state index in [1.807, 2.05) is 48.5 Å². The largest absolute Gasteiger partial charge is 0.452 e. The van der Waals surface area contributed by atoms with Crippen LogP contribution in [-0.2, 0) is 4.74 Å². The van der Waals surface area contributed by atoms with Crippen LogP contribution in [0.15, 0.2) is 59.6 Å². The molecule has 0 saturated heterocycles. The van der Waals surface area contributed by atoms with Gasteiger partial charge in [0.1, 0.15) is 11.3 Å². The molecule has 3 rings (SSSR count). The highest BCUT2D eigenvalue weighted by Crippen LogP contribution is 2.30. The highest BCUT2D eigenvalue weighted by atomic mass is 35.5. The molecule has 2 aromatic rings. The molecule has 0 radical (unpaired) electrons. The van der Waals surface area contributed by atoms with Gasteiger partial charge in [0.05, 0.1) is 12.1 Å². The minimum absolute atomic E-state index is 0. The van der Waals surface area contributed by atoms with Crippen molar-refractivity contribution in [2.24, 2.45) is 4.99 Å². The first-order valence-electron chi connectivity index (χ1n) is 6.31. The third-order valence-corrected chi connectivity index (χ3v) is 3.52. The van der Waals surface area contributed by atoms with Crippen LogP contribution in [0.5, 0.6) is 0 Å². The Bertz CT molecular complexity index is 671. The lowest BCUT2D eigenvalue weighted by Crippen LogP contribution is -2.04. The lowest BCUT2D eigenvalue weighted by molar-refractivity contribution is 0.0404. The van der Waals surface area contributed by atoms with Gasteiger partial charge in [-0.3, -0.25) is 4.99 Å². The molecule has 0 fully saturated rings. The Morgan fingerprint density at radius 2 is 1.76 bits per heavy atom. The SMILES string of the molecule is Cl.O=C1OC(CN=C(Cl)c2ccccc2)c2ccccc21. The summed E-state index contributed by atoms with van der Waals surface area (Å²) >= 11 is 6.16. The van der Waals surface area contributed by atoms with Crippen LogP contribution >= 0.6 is 24.0 Å². The molecule has 1 atom stereocenters. The second-order valence-electron chi connectivity index (χ2n) is 4.48. The third-order valence-electron chi connectivity index (χ3n) is 3.18. The molecule has 0 aromatic heterocycles. The lowest BCUT2D eigenvalue weighted by Gasteiger charge is -2.07. The van der Waals surface area contributed by atoms with E-state index in [2.05, 4.69) is 4.99 Å². The number of esters is 1. The Kier molecular flexibility index (Phi) is 4.99. The predicted octanol–water partition coefficient (Wildman–Crippen LogP) is 4.01. The molecule has 0 spiro atoms. The molecular formula is C16H13Cl2NO2. The molecule has 2 aromatic carbocycles. The number of nitrogens with zero attached hydrogens (tertiary/aromatic N) is 1. The van der Waals surface area contributed by atoms with Gasteiger partial charge >= 0.3 is 5.97 Å². The number of aliphatic imine (C=N–C) groups is 1. The molecule has 0 amide bonds. The average molecular weight is 322 g/mol. The quantitative estimate of drug-likeness (QED) is 0.633. The fraction of sp³-hybridized carbons (Fsp3) is 0.125. The van der Waals surface area contributed by atoms with E-state index in [-0.39, 0.29) is 24.5 Å². The number of carbonyl (C=O) groups is 1. The van der Waals surface area contributed by atoms with Gasteiger partial charge in [-0.2, -0.15) is 0 Å². The Morgan fingerprint density at radius 3 is 2.52 bits per heavy atom. The maximum Gasteiger partial charge on any atom is 0.339 e. The van der Waals surface area contributed by atoms with E-state index in [4.69, 9.17) is 16.3 Å². The van der Waals surface area contributed by atoms with Gasteiger partial charge < -0.3 is 4.74 Å². The molecule has 5 heteroatoms. The minimum Gasteiger partial charge on any atom is -0.452 e. The fourth-order valence-electron chi connectivity index (χ4n) is 2.19. The molecule has 1 unspecified atom stereocenters. The molecule has 3 nitrogen and oxygen atoms in total. The average Bonchev–Trinajstić information content (AvgIpc) is 2.83. The van der Waals surface area contributed by atoms with Crippen LogP contribution < -0.4 is 0 Å². The van der Waals surface area contributed by atoms with E-state index >= 15 is 0 Å². The second-order valence-corrected chi connectivity index (χ2v) is 4.84. The van der Waals surface area contributed by atoms with Crippen LogP contribution in [0.25, 0.3) is 0 Å². The highest BCUT2D eigenvalue weighted by Gasteiger charge is 2.30. The van der Waals surface area contributed by atoms with Crippen LogP contribution in [0.4, 0.5) is 0 Å². The van der Waals surface area contributed by atoms with Crippen molar-refractivity contribution < 1.29 is 9.53 Å². The van der Waals surface area contributed by atoms with E-state index in [1.165, 1.54) is 0 Å². The van der Waals surface area contributed by atoms with Gasteiger partial charge in [0, 0.05) is 11.1 Å². The lowest BCUT2D eigenvalue weighted by atomic mass is 10.1. The maximum absolute atomic E-state index is 11.7. The van der Waals surface area contributed by atoms with Gasteiger partial charge in [-0.25, -0.2) is 4.79 Å². The van der Waals surface area contributed by atoms with Crippen LogP contribution in [0, 0.1) is 0 Å². The summed E-state index contributed by atoms with van der Waals surface area (Å²) in [6, 6.07) is 16.9. The van der Waals surface area contributed by atoms with E-state index in [9.17, 15) is 4.79 Å². The summed E-state index contributed by atoms with van der Waals surface area (Å²) < 4.78 is 5.31. The Labute approximate surface area is 134 Å². The molecule has 108 valence electrons. The molecular weight excluding hydrogens is 309 g/mol. The number of ether oxygens (including phenoxy) is 1. The van der Waals surface area contributed by atoms with E-state index in [0.29, 0.717) is 17.3 Å². The number of hydrogen-bond donors (Lipinski definition) is 0. The van der Waals surface area contributed by atoms with Crippen LogP contribution in [-0.4, -0.2) is 17.7 Å². The molecule has 1 heterocycles. The number of carbonyl (C=O) groups excluding carboxylic acids is 1. The summed E-state index contributed by atoms with van der Waals surface area (Å²) in [6.45, 7) is 0.330. The number of rotatable bonds is 3. The summed E-state index contributed by atoms with van der Waals surface area (Å²) in [5.74, 6) is -0.295. The third kappa shape index (κ3) is 3.26. The zero-order valence-electron chi connectivity index (χ0n) is 11.0. The first-order chi connectivity index (χ1) is 9.75. The fourth-order valence-corrected chi connectivity index (χ4v) is 2.38. The van der Waals surface area contributed by atoms with Crippen molar-refractivity contribution in [1.29, 1.82) is 0 Å². The van der Waals surface area contributed by atoms with E-state index in [1.54, 1.807) is 6.07 Å². The molecule has 0 bridgehead atoms. The zero-order chi connectivity index (χ0) is 13.9. The Morgan fingerprint density at radius 1 is 1.10 bits per heavy atom. The zero-order valence-corrected chi connectivity index (χ0v) is 12.6. The van der Waals surface area contributed by atoms with E-state index < -0.39 is 0 Å². The van der Waals surface area contributed by atoms with Gasteiger partial charge in [-0.1, -0.05) is 60.1 Å². The van der Waals surface area contributed by atoms with Gasteiger partial charge in [0.15, 0.2) is 0 Å². The number of fused-ring (bicyclic) bond motifs is 1. The topological polar surface area (TPSA) is 38.7 Å². The van der Waals surface area contributed by atoms with E-state index in [0.717, 1.165) is 11.1 Å². The molecule has 1 aliphatic heterocycles. The standard InChI is InChI=1S/C16H12ClNO2.ClH/c17-15(11-6-2-1-3-7-11)18-10-14-12-8-4-5-9-13(12)16(19)20-14;/h1-9,14H,10H2;1H. The molecule has 0 aliphatic carbocycles. The van der Waals surface area contributed by atoms with Crippen molar-refractivity contribution in [3.05, 3.63) is 71.3 Å². The monoisotopic (exact) mass is 321 g/mol. The summed E-state index contributed by atoms with van der Waals surface area (Å²) in [7, 11) is 0. The summed E-state index contributed by atoms with van der Waals surface area (Å²) in [6.07, 6.45) is -0.351. The molecule has 1 aliphatic rings. The van der Waals surface area contributed by atoms with Gasteiger partial charge in [-0.15, -0.1) is 12.4 Å². The second kappa shape index (κ2) is 6.74. The van der Waals surface area contributed by atoms with Crippen molar-refractivity contribution in [1.82, 2.24) is 0 Å². The Hall–Kier alpha value is -1.84. The van der Waals surface area contributed by atoms with Gasteiger partial charge in [-0.05, 0) is 6.07 Å². The van der Waals surface area contributed by atoms with Crippen LogP contribution in [0.1, 0.15) is 27.6 Å². The van der Waals surface area contributed by atoms with Crippen molar-refractivity contribution in [2.75, 3.05) is 6.54 Å². The van der Waals surface area contributed by atoms with Crippen LogP contribution in [0.2, 0.25) is 0 Å². The predicted molar refractivity (Wildman–Crippen MR) is 85.5 cm³/mol. The van der Waals surface area contributed by atoms with Crippen LogP contribution in [0.3, 0.4) is 0 Å². The number of hydrogen-bond acceptors (Lipinski definition) is 3. The molecule has 21 heavy (non-hydrogen) atoms. The molecule has 0 N–H and O–H groups in total. The van der Waals surface area contributed by atoms with Crippen molar-refractivity contribution in [3.8, 4) is 0 Å². The minimum atomic E-state index is -0.351. The Balaban J connectivity index is 0.00000161. The first kappa shape index (κ1) is 15.5. The normalized spacial score (nSPS) is 16.9. The first-order valence-corrected chi connectivity index (χ1v) is 6.69. The highest BCUT2D eigenvalue weighted by molar-refractivity contribution is 6.69. The smallest absolute Gasteiger partial charge is 0.339 e. The van der Waals surface area contributed by atoms with Gasteiger partial charge in [0.25, 0.3) is 0 Å². The maximum atomic E-state index is 11.7.